The molecule has 3 rings (SSSR count). The molecule has 0 aromatic rings. The van der Waals surface area contributed by atoms with Gasteiger partial charge in [0, 0.05) is 38.5 Å². The van der Waals surface area contributed by atoms with Crippen LogP contribution in [0, 0.1) is 0 Å². The number of carbonyl (C=O) groups is 1. The van der Waals surface area contributed by atoms with Gasteiger partial charge in [-0.2, -0.15) is 11.8 Å². The highest BCUT2D eigenvalue weighted by Crippen LogP contribution is 2.33. The largest absolute Gasteiger partial charge is 0.363 e. The minimum Gasteiger partial charge on any atom is -0.363 e. The van der Waals surface area contributed by atoms with E-state index in [0.29, 0.717) is 0 Å². The van der Waals surface area contributed by atoms with Crippen LogP contribution < -0.4 is 0 Å². The Hall–Kier alpha value is -0.260. The van der Waals surface area contributed by atoms with Crippen molar-refractivity contribution in [3.63, 3.8) is 0 Å². The van der Waals surface area contributed by atoms with Gasteiger partial charge in [0.15, 0.2) is 0 Å². The summed E-state index contributed by atoms with van der Waals surface area (Å²) in [5.41, 5.74) is -0.0507. The van der Waals surface area contributed by atoms with Gasteiger partial charge in [0.2, 0.25) is 5.91 Å². The van der Waals surface area contributed by atoms with Crippen LogP contribution in [0.4, 0.5) is 0 Å². The smallest absolute Gasteiger partial charge is 0.248 e. The summed E-state index contributed by atoms with van der Waals surface area (Å²) in [6, 6.07) is 0.787. The van der Waals surface area contributed by atoms with Crippen LogP contribution in [-0.4, -0.2) is 72.1 Å². The summed E-state index contributed by atoms with van der Waals surface area (Å²) in [4.78, 5) is 15.9. The molecule has 0 bridgehead atoms. The van der Waals surface area contributed by atoms with E-state index in [9.17, 15) is 4.79 Å². The SMILES string of the molecule is CN1CC2(CCN(C3CCSC3)CC2)OCC1=O. The Morgan fingerprint density at radius 1 is 1.39 bits per heavy atom. The molecule has 5 heteroatoms. The molecular formula is C13H22N2O2S. The molecule has 1 atom stereocenters. The number of thioether (sulfide) groups is 1. The van der Waals surface area contributed by atoms with Crippen molar-refractivity contribution in [3.05, 3.63) is 0 Å². The molecule has 0 saturated carbocycles. The van der Waals surface area contributed by atoms with Crippen LogP contribution >= 0.6 is 11.8 Å². The second kappa shape index (κ2) is 5.02. The first-order valence-corrected chi connectivity index (χ1v) is 8.04. The summed E-state index contributed by atoms with van der Waals surface area (Å²) in [5.74, 6) is 2.74. The molecule has 4 nitrogen and oxygen atoms in total. The monoisotopic (exact) mass is 270 g/mol. The number of hydrogen-bond donors (Lipinski definition) is 0. The number of hydrogen-bond acceptors (Lipinski definition) is 4. The molecule has 0 aliphatic carbocycles. The maximum absolute atomic E-state index is 11.5. The van der Waals surface area contributed by atoms with Gasteiger partial charge >= 0.3 is 0 Å². The average molecular weight is 270 g/mol. The van der Waals surface area contributed by atoms with Gasteiger partial charge in [-0.15, -0.1) is 0 Å². The fraction of sp³-hybridized carbons (Fsp3) is 0.923. The van der Waals surface area contributed by atoms with E-state index >= 15 is 0 Å². The lowest BCUT2D eigenvalue weighted by molar-refractivity contribution is -0.169. The zero-order chi connectivity index (χ0) is 12.6. The standard InChI is InChI=1S/C13H22N2O2S/c1-14-10-13(17-8-12(14)16)3-5-15(6-4-13)11-2-7-18-9-11/h11H,2-10H2,1H3. The third-order valence-electron chi connectivity index (χ3n) is 4.58. The molecule has 0 aromatic carbocycles. The summed E-state index contributed by atoms with van der Waals surface area (Å²) in [7, 11) is 1.90. The van der Waals surface area contributed by atoms with Gasteiger partial charge in [-0.05, 0) is 25.0 Å². The molecule has 3 aliphatic heterocycles. The van der Waals surface area contributed by atoms with E-state index < -0.39 is 0 Å². The number of ether oxygens (including phenoxy) is 1. The van der Waals surface area contributed by atoms with Gasteiger partial charge in [0.05, 0.1) is 5.60 Å². The maximum Gasteiger partial charge on any atom is 0.248 e. The van der Waals surface area contributed by atoms with E-state index in [2.05, 4.69) is 16.7 Å². The van der Waals surface area contributed by atoms with E-state index in [1.54, 1.807) is 0 Å². The summed E-state index contributed by atoms with van der Waals surface area (Å²) < 4.78 is 5.88. The lowest BCUT2D eigenvalue weighted by Crippen LogP contribution is -2.58. The molecule has 3 aliphatic rings. The first kappa shape index (κ1) is 12.8. The van der Waals surface area contributed by atoms with E-state index in [4.69, 9.17) is 4.74 Å². The molecule has 0 radical (unpaired) electrons. The first-order chi connectivity index (χ1) is 8.69. The van der Waals surface area contributed by atoms with Crippen LogP contribution in [0.15, 0.2) is 0 Å². The second-order valence-corrected chi connectivity index (χ2v) is 6.92. The molecule has 0 aromatic heterocycles. The molecule has 102 valence electrons. The van der Waals surface area contributed by atoms with Crippen LogP contribution in [0.2, 0.25) is 0 Å². The maximum atomic E-state index is 11.5. The lowest BCUT2D eigenvalue weighted by atomic mass is 9.88. The first-order valence-electron chi connectivity index (χ1n) is 6.88. The highest BCUT2D eigenvalue weighted by atomic mass is 32.2. The Balaban J connectivity index is 1.57. The molecule has 1 spiro atoms. The third-order valence-corrected chi connectivity index (χ3v) is 5.73. The number of nitrogens with zero attached hydrogens (tertiary/aromatic N) is 2. The Morgan fingerprint density at radius 2 is 2.17 bits per heavy atom. The van der Waals surface area contributed by atoms with Crippen LogP contribution in [0.25, 0.3) is 0 Å². The van der Waals surface area contributed by atoms with Gasteiger partial charge < -0.3 is 9.64 Å². The van der Waals surface area contributed by atoms with E-state index in [-0.39, 0.29) is 18.1 Å². The number of likely N-dealkylation sites (N-methyl/N-ethyl adjacent to an activating group) is 1. The molecule has 3 heterocycles. The highest BCUT2D eigenvalue weighted by Gasteiger charge is 2.42. The number of likely N-dealkylation sites (tertiary alicyclic amines) is 1. The Labute approximate surface area is 113 Å². The van der Waals surface area contributed by atoms with Gasteiger partial charge in [-0.3, -0.25) is 9.69 Å². The summed E-state index contributed by atoms with van der Waals surface area (Å²) in [6.45, 7) is 3.31. The lowest BCUT2D eigenvalue weighted by Gasteiger charge is -2.47. The molecule has 18 heavy (non-hydrogen) atoms. The van der Waals surface area contributed by atoms with Crippen molar-refractivity contribution in [3.8, 4) is 0 Å². The number of piperidine rings is 1. The molecular weight excluding hydrogens is 248 g/mol. The Morgan fingerprint density at radius 3 is 2.78 bits per heavy atom. The van der Waals surface area contributed by atoms with Crippen molar-refractivity contribution in [1.29, 1.82) is 0 Å². The molecule has 1 amide bonds. The van der Waals surface area contributed by atoms with E-state index in [0.717, 1.165) is 38.5 Å². The van der Waals surface area contributed by atoms with Crippen molar-refractivity contribution >= 4 is 17.7 Å². The van der Waals surface area contributed by atoms with Crippen molar-refractivity contribution < 1.29 is 9.53 Å². The minimum absolute atomic E-state index is 0.0507. The summed E-state index contributed by atoms with van der Waals surface area (Å²) in [6.07, 6.45) is 3.49. The van der Waals surface area contributed by atoms with Crippen molar-refractivity contribution in [1.82, 2.24) is 9.80 Å². The number of carbonyl (C=O) groups excluding carboxylic acids is 1. The molecule has 3 saturated heterocycles. The fourth-order valence-corrected chi connectivity index (χ4v) is 4.56. The number of rotatable bonds is 1. The van der Waals surface area contributed by atoms with Crippen LogP contribution in [0.1, 0.15) is 19.3 Å². The predicted molar refractivity (Wildman–Crippen MR) is 72.9 cm³/mol. The fourth-order valence-electron chi connectivity index (χ4n) is 3.30. The summed E-state index contributed by atoms with van der Waals surface area (Å²) in [5, 5.41) is 0. The zero-order valence-electron chi connectivity index (χ0n) is 11.1. The zero-order valence-corrected chi connectivity index (χ0v) is 11.9. The van der Waals surface area contributed by atoms with Crippen LogP contribution in [0.3, 0.4) is 0 Å². The predicted octanol–water partition coefficient (Wildman–Crippen LogP) is 0.815. The Kier molecular flexibility index (Phi) is 3.56. The van der Waals surface area contributed by atoms with Gasteiger partial charge in [-0.25, -0.2) is 0 Å². The summed E-state index contributed by atoms with van der Waals surface area (Å²) >= 11 is 2.08. The average Bonchev–Trinajstić information content (AvgIpc) is 2.89. The van der Waals surface area contributed by atoms with Crippen molar-refractivity contribution in [2.75, 3.05) is 44.8 Å². The normalized spacial score (nSPS) is 33.3. The quantitative estimate of drug-likeness (QED) is 0.706. The van der Waals surface area contributed by atoms with Crippen LogP contribution in [0.5, 0.6) is 0 Å². The van der Waals surface area contributed by atoms with Gasteiger partial charge in [0.1, 0.15) is 6.61 Å². The third kappa shape index (κ3) is 2.40. The number of amides is 1. The van der Waals surface area contributed by atoms with Crippen molar-refractivity contribution in [2.24, 2.45) is 0 Å². The Bertz CT molecular complexity index is 323. The van der Waals surface area contributed by atoms with Gasteiger partial charge in [-0.1, -0.05) is 0 Å². The minimum atomic E-state index is -0.0507. The highest BCUT2D eigenvalue weighted by molar-refractivity contribution is 7.99. The van der Waals surface area contributed by atoms with Crippen LogP contribution in [-0.2, 0) is 9.53 Å². The van der Waals surface area contributed by atoms with Crippen molar-refractivity contribution in [2.45, 2.75) is 30.9 Å². The molecule has 3 fully saturated rings. The topological polar surface area (TPSA) is 32.8 Å². The molecule has 0 N–H and O–H groups in total. The second-order valence-electron chi connectivity index (χ2n) is 5.77. The molecule has 1 unspecified atom stereocenters. The number of morpholine rings is 1. The van der Waals surface area contributed by atoms with E-state index in [1.807, 2.05) is 11.9 Å². The van der Waals surface area contributed by atoms with E-state index in [1.165, 1.54) is 17.9 Å². The van der Waals surface area contributed by atoms with Gasteiger partial charge in [0.25, 0.3) is 0 Å².